The fourth-order valence-corrected chi connectivity index (χ4v) is 2.78. The summed E-state index contributed by atoms with van der Waals surface area (Å²) in [6, 6.07) is 3.44. The number of nitrogens with two attached hydrogens (primary N) is 1. The molecule has 0 atom stereocenters. The average Bonchev–Trinajstić information content (AvgIpc) is 3.07. The topological polar surface area (TPSA) is 110 Å². The lowest BCUT2D eigenvalue weighted by Crippen LogP contribution is -2.51. The van der Waals surface area contributed by atoms with Crippen LogP contribution in [0.2, 0.25) is 0 Å². The minimum Gasteiger partial charge on any atom is -0.465 e. The Bertz CT molecular complexity index is 787. The van der Waals surface area contributed by atoms with Crippen molar-refractivity contribution in [2.75, 3.05) is 38.2 Å². The maximum absolute atomic E-state index is 11.6. The molecule has 1 fully saturated rings. The zero-order valence-electron chi connectivity index (χ0n) is 15.3. The second-order valence-electron chi connectivity index (χ2n) is 5.87. The number of piperazine rings is 1. The number of methoxy groups -OCH3 is 1. The number of hydrogen-bond acceptors (Lipinski definition) is 7. The number of anilines is 1. The summed E-state index contributed by atoms with van der Waals surface area (Å²) in [6.45, 7) is 4.99. The third kappa shape index (κ3) is 5.08. The third-order valence-electron chi connectivity index (χ3n) is 4.21. The lowest BCUT2D eigenvalue weighted by atomic mass is 10.2. The molecule has 2 aromatic rings. The summed E-state index contributed by atoms with van der Waals surface area (Å²) < 4.78 is 10.3. The number of aryl methyl sites for hydroxylation is 1. The monoisotopic (exact) mass is 486 g/mol. The van der Waals surface area contributed by atoms with Crippen LogP contribution >= 0.6 is 24.0 Å². The van der Waals surface area contributed by atoms with Gasteiger partial charge in [0, 0.05) is 38.6 Å². The number of ether oxygens (including phenoxy) is 1. The number of guanidine groups is 1. The molecule has 0 radical (unpaired) electrons. The van der Waals surface area contributed by atoms with E-state index in [0.717, 1.165) is 32.1 Å². The third-order valence-corrected chi connectivity index (χ3v) is 4.21. The Balaban J connectivity index is 0.00000261. The molecule has 2 aromatic heterocycles. The number of carbonyl (C=O) groups excluding carboxylic acids is 1. The molecule has 0 amide bonds. The molecule has 1 saturated heterocycles. The summed E-state index contributed by atoms with van der Waals surface area (Å²) >= 11 is 0. The minimum absolute atomic E-state index is 0. The molecular formula is C17H23IN6O3. The molecule has 1 aliphatic rings. The standard InChI is InChI=1S/C17H22N6O3.HI/c1-12-14(15(24)25-2)10-13(26-12)11-21-16(18)22-6-8-23(9-7-22)17-19-4-3-5-20-17;/h3-5,10H,6-9,11H2,1-2H3,(H2,18,21);1H. The highest BCUT2D eigenvalue weighted by Crippen LogP contribution is 2.16. The summed E-state index contributed by atoms with van der Waals surface area (Å²) in [4.78, 5) is 28.6. The van der Waals surface area contributed by atoms with Crippen LogP contribution in [0.5, 0.6) is 0 Å². The molecule has 0 bridgehead atoms. The van der Waals surface area contributed by atoms with Gasteiger partial charge in [0.15, 0.2) is 5.96 Å². The molecule has 0 saturated carbocycles. The number of carbonyl (C=O) groups is 1. The van der Waals surface area contributed by atoms with Crippen LogP contribution in [0.1, 0.15) is 21.9 Å². The summed E-state index contributed by atoms with van der Waals surface area (Å²) in [5, 5.41) is 0. The van der Waals surface area contributed by atoms with E-state index in [4.69, 9.17) is 14.9 Å². The lowest BCUT2D eigenvalue weighted by molar-refractivity contribution is 0.0599. The van der Waals surface area contributed by atoms with E-state index < -0.39 is 5.97 Å². The number of hydrogen-bond donors (Lipinski definition) is 1. The Kier molecular flexibility index (Phi) is 7.39. The molecule has 3 rings (SSSR count). The number of rotatable bonds is 4. The Morgan fingerprint density at radius 1 is 1.30 bits per heavy atom. The van der Waals surface area contributed by atoms with Gasteiger partial charge in [-0.3, -0.25) is 0 Å². The van der Waals surface area contributed by atoms with Crippen molar-refractivity contribution in [2.45, 2.75) is 13.5 Å². The maximum Gasteiger partial charge on any atom is 0.341 e. The summed E-state index contributed by atoms with van der Waals surface area (Å²) in [7, 11) is 1.34. The van der Waals surface area contributed by atoms with Gasteiger partial charge in [0.1, 0.15) is 23.6 Å². The smallest absolute Gasteiger partial charge is 0.341 e. The Labute approximate surface area is 174 Å². The van der Waals surface area contributed by atoms with Gasteiger partial charge in [0.25, 0.3) is 0 Å². The van der Waals surface area contributed by atoms with E-state index in [1.165, 1.54) is 7.11 Å². The highest BCUT2D eigenvalue weighted by molar-refractivity contribution is 14.0. The van der Waals surface area contributed by atoms with Crippen molar-refractivity contribution in [1.82, 2.24) is 14.9 Å². The molecule has 2 N–H and O–H groups in total. The molecule has 0 aromatic carbocycles. The molecular weight excluding hydrogens is 463 g/mol. The summed E-state index contributed by atoms with van der Waals surface area (Å²) in [5.41, 5.74) is 6.51. The van der Waals surface area contributed by atoms with Gasteiger partial charge in [-0.05, 0) is 19.1 Å². The van der Waals surface area contributed by atoms with Crippen molar-refractivity contribution in [3.63, 3.8) is 0 Å². The zero-order valence-corrected chi connectivity index (χ0v) is 17.6. The molecule has 10 heteroatoms. The van der Waals surface area contributed by atoms with Crippen molar-refractivity contribution in [2.24, 2.45) is 10.7 Å². The van der Waals surface area contributed by atoms with Crippen molar-refractivity contribution in [1.29, 1.82) is 0 Å². The van der Waals surface area contributed by atoms with Crippen LogP contribution in [0, 0.1) is 6.92 Å². The predicted octanol–water partition coefficient (Wildman–Crippen LogP) is 1.42. The number of esters is 1. The molecule has 27 heavy (non-hydrogen) atoms. The average molecular weight is 486 g/mol. The van der Waals surface area contributed by atoms with E-state index in [1.807, 2.05) is 4.90 Å². The highest BCUT2D eigenvalue weighted by atomic mass is 127. The SMILES string of the molecule is COC(=O)c1cc(CN=C(N)N2CCN(c3ncccn3)CC2)oc1C.I. The first kappa shape index (κ1) is 20.9. The zero-order chi connectivity index (χ0) is 18.5. The summed E-state index contributed by atoms with van der Waals surface area (Å²) in [6.07, 6.45) is 3.47. The van der Waals surface area contributed by atoms with E-state index in [-0.39, 0.29) is 30.5 Å². The molecule has 3 heterocycles. The molecule has 0 unspecified atom stereocenters. The van der Waals surface area contributed by atoms with Crippen LogP contribution in [0.3, 0.4) is 0 Å². The van der Waals surface area contributed by atoms with E-state index >= 15 is 0 Å². The molecule has 0 aliphatic carbocycles. The van der Waals surface area contributed by atoms with Crippen LogP contribution in [-0.2, 0) is 11.3 Å². The minimum atomic E-state index is -0.422. The normalized spacial score (nSPS) is 14.7. The quantitative estimate of drug-likeness (QED) is 0.299. The van der Waals surface area contributed by atoms with Gasteiger partial charge in [0.05, 0.1) is 7.11 Å². The van der Waals surface area contributed by atoms with Gasteiger partial charge in [-0.15, -0.1) is 24.0 Å². The van der Waals surface area contributed by atoms with Gasteiger partial charge in [0.2, 0.25) is 5.95 Å². The fourth-order valence-electron chi connectivity index (χ4n) is 2.78. The van der Waals surface area contributed by atoms with Crippen molar-refractivity contribution in [3.05, 3.63) is 41.6 Å². The Morgan fingerprint density at radius 2 is 1.96 bits per heavy atom. The van der Waals surface area contributed by atoms with Crippen LogP contribution in [0.4, 0.5) is 5.95 Å². The van der Waals surface area contributed by atoms with Crippen molar-refractivity contribution < 1.29 is 13.9 Å². The van der Waals surface area contributed by atoms with Crippen LogP contribution in [-0.4, -0.2) is 60.1 Å². The number of nitrogens with zero attached hydrogens (tertiary/aromatic N) is 5. The molecule has 1 aliphatic heterocycles. The van der Waals surface area contributed by atoms with Crippen LogP contribution in [0.15, 0.2) is 33.9 Å². The van der Waals surface area contributed by atoms with Crippen molar-refractivity contribution in [3.8, 4) is 0 Å². The summed E-state index contributed by atoms with van der Waals surface area (Å²) in [5.74, 6) is 1.84. The van der Waals surface area contributed by atoms with E-state index in [2.05, 4.69) is 19.9 Å². The van der Waals surface area contributed by atoms with Gasteiger partial charge in [-0.1, -0.05) is 0 Å². The van der Waals surface area contributed by atoms with E-state index in [9.17, 15) is 4.79 Å². The highest BCUT2D eigenvalue weighted by Gasteiger charge is 2.20. The number of aliphatic imine (C=N–C) groups is 1. The number of furan rings is 1. The van der Waals surface area contributed by atoms with E-state index in [1.54, 1.807) is 31.5 Å². The second-order valence-corrected chi connectivity index (χ2v) is 5.87. The maximum atomic E-state index is 11.6. The van der Waals surface area contributed by atoms with Crippen molar-refractivity contribution >= 4 is 41.9 Å². The second kappa shape index (κ2) is 9.53. The Morgan fingerprint density at radius 3 is 2.59 bits per heavy atom. The number of aromatic nitrogens is 2. The van der Waals surface area contributed by atoms with E-state index in [0.29, 0.717) is 23.0 Å². The van der Waals surface area contributed by atoms with Crippen LogP contribution < -0.4 is 10.6 Å². The predicted molar refractivity (Wildman–Crippen MR) is 111 cm³/mol. The van der Waals surface area contributed by atoms with Gasteiger partial charge in [-0.2, -0.15) is 0 Å². The van der Waals surface area contributed by atoms with Gasteiger partial charge >= 0.3 is 5.97 Å². The molecule has 146 valence electrons. The first-order valence-corrected chi connectivity index (χ1v) is 8.33. The Hall–Kier alpha value is -2.37. The first-order chi connectivity index (χ1) is 12.6. The largest absolute Gasteiger partial charge is 0.465 e. The molecule has 9 nitrogen and oxygen atoms in total. The molecule has 0 spiro atoms. The first-order valence-electron chi connectivity index (χ1n) is 8.33. The van der Waals surface area contributed by atoms with Gasteiger partial charge < -0.3 is 24.7 Å². The number of halogens is 1. The van der Waals surface area contributed by atoms with Crippen LogP contribution in [0.25, 0.3) is 0 Å². The lowest BCUT2D eigenvalue weighted by Gasteiger charge is -2.35. The van der Waals surface area contributed by atoms with Gasteiger partial charge in [-0.25, -0.2) is 19.8 Å². The fraction of sp³-hybridized carbons (Fsp3) is 0.412.